The molecular weight excluding hydrogens is 425 g/mol. The number of alkyl halides is 3. The largest absolute Gasteiger partial charge is 0.416 e. The van der Waals surface area contributed by atoms with Crippen molar-refractivity contribution in [3.8, 4) is 0 Å². The fraction of sp³-hybridized carbons (Fsp3) is 0.476. The van der Waals surface area contributed by atoms with Crippen LogP contribution in [-0.2, 0) is 6.18 Å². The number of nitrogens with two attached hydrogens (primary N) is 1. The van der Waals surface area contributed by atoms with Crippen LogP contribution in [-0.4, -0.2) is 56.1 Å². The Bertz CT molecular complexity index is 1020. The van der Waals surface area contributed by atoms with Crippen molar-refractivity contribution < 1.29 is 23.1 Å². The van der Waals surface area contributed by atoms with Gasteiger partial charge in [-0.3, -0.25) is 14.4 Å². The Labute approximate surface area is 182 Å². The van der Waals surface area contributed by atoms with Crippen LogP contribution in [0, 0.1) is 5.41 Å². The number of nitrogens with zero attached hydrogens (tertiary/aromatic N) is 3. The molecule has 2 heterocycles. The van der Waals surface area contributed by atoms with E-state index in [1.165, 1.54) is 23.0 Å². The Morgan fingerprint density at radius 3 is 2.47 bits per heavy atom. The fourth-order valence-corrected chi connectivity index (χ4v) is 4.41. The van der Waals surface area contributed by atoms with Gasteiger partial charge in [-0.25, -0.2) is 0 Å². The number of nitrogens with one attached hydrogen (secondary N) is 2. The number of aromatic nitrogens is 2. The minimum Gasteiger partial charge on any atom is -0.388 e. The van der Waals surface area contributed by atoms with Crippen molar-refractivity contribution in [3.05, 3.63) is 41.6 Å². The van der Waals surface area contributed by atoms with Crippen LogP contribution in [0.15, 0.2) is 30.5 Å². The molecule has 2 fully saturated rings. The normalized spacial score (nSPS) is 23.6. The van der Waals surface area contributed by atoms with Gasteiger partial charge in [0.1, 0.15) is 5.56 Å². The standard InChI is InChI=1S/C21H25F3N6O2/c1-20(32)10-29(11-20)14-6-7-17(16(25)8-14)30-9-15(18(26)31)19(28-30)27-13-4-2-12(3-5-13)21(22,23)24/h2-5,9,14,17,25,32H,6-8,10-11H2,1H3,(H2,26,31)(H,27,28)/t14-,17+/m1/s1. The first-order valence-corrected chi connectivity index (χ1v) is 10.3. The highest BCUT2D eigenvalue weighted by Gasteiger charge is 2.42. The second-order valence-electron chi connectivity index (χ2n) is 8.81. The van der Waals surface area contributed by atoms with Crippen molar-refractivity contribution in [1.29, 1.82) is 5.41 Å². The Morgan fingerprint density at radius 1 is 1.28 bits per heavy atom. The number of hydrogen-bond acceptors (Lipinski definition) is 6. The summed E-state index contributed by atoms with van der Waals surface area (Å²) in [6.07, 6.45) is -0.973. The smallest absolute Gasteiger partial charge is 0.388 e. The summed E-state index contributed by atoms with van der Waals surface area (Å²) in [4.78, 5) is 14.1. The molecule has 32 heavy (non-hydrogen) atoms. The number of rotatable bonds is 5. The number of carbonyl (C=O) groups is 1. The van der Waals surface area contributed by atoms with Crippen molar-refractivity contribution in [1.82, 2.24) is 14.7 Å². The number of primary amides is 1. The molecule has 2 aliphatic rings. The number of aliphatic hydroxyl groups is 1. The minimum atomic E-state index is -4.44. The van der Waals surface area contributed by atoms with Gasteiger partial charge < -0.3 is 21.6 Å². The number of benzene rings is 1. The zero-order valence-corrected chi connectivity index (χ0v) is 17.5. The lowest BCUT2D eigenvalue weighted by Gasteiger charge is -2.50. The minimum absolute atomic E-state index is 0.0959. The highest BCUT2D eigenvalue weighted by molar-refractivity contribution is 5.98. The number of anilines is 2. The molecule has 1 saturated carbocycles. The molecule has 0 spiro atoms. The molecule has 1 aliphatic carbocycles. The fourth-order valence-electron chi connectivity index (χ4n) is 4.41. The first-order chi connectivity index (χ1) is 14.9. The molecule has 172 valence electrons. The van der Waals surface area contributed by atoms with E-state index in [4.69, 9.17) is 11.1 Å². The van der Waals surface area contributed by atoms with Gasteiger partial charge in [0.15, 0.2) is 5.82 Å². The molecule has 1 aliphatic heterocycles. The molecule has 1 saturated heterocycles. The van der Waals surface area contributed by atoms with Crippen molar-refractivity contribution in [2.24, 2.45) is 5.73 Å². The summed E-state index contributed by atoms with van der Waals surface area (Å²) in [7, 11) is 0. The summed E-state index contributed by atoms with van der Waals surface area (Å²) in [6, 6.07) is 4.23. The van der Waals surface area contributed by atoms with Crippen LogP contribution in [0.1, 0.15) is 48.1 Å². The molecule has 1 aromatic heterocycles. The maximum absolute atomic E-state index is 12.8. The van der Waals surface area contributed by atoms with Crippen molar-refractivity contribution in [2.45, 2.75) is 50.0 Å². The molecule has 8 nitrogen and oxygen atoms in total. The van der Waals surface area contributed by atoms with E-state index in [9.17, 15) is 23.1 Å². The van der Waals surface area contributed by atoms with E-state index in [0.717, 1.165) is 18.6 Å². The first-order valence-electron chi connectivity index (χ1n) is 10.3. The lowest BCUT2D eigenvalue weighted by Crippen LogP contribution is -2.63. The average Bonchev–Trinajstić information content (AvgIpc) is 3.09. The van der Waals surface area contributed by atoms with E-state index in [2.05, 4.69) is 15.3 Å². The third kappa shape index (κ3) is 4.49. The molecule has 4 rings (SSSR count). The Kier molecular flexibility index (Phi) is 5.49. The summed E-state index contributed by atoms with van der Waals surface area (Å²) < 4.78 is 39.8. The van der Waals surface area contributed by atoms with Gasteiger partial charge >= 0.3 is 6.18 Å². The van der Waals surface area contributed by atoms with E-state index >= 15 is 0 Å². The van der Waals surface area contributed by atoms with Crippen LogP contribution in [0.5, 0.6) is 0 Å². The van der Waals surface area contributed by atoms with E-state index < -0.39 is 23.2 Å². The summed E-state index contributed by atoms with van der Waals surface area (Å²) in [5, 5.41) is 25.7. The van der Waals surface area contributed by atoms with Crippen molar-refractivity contribution >= 4 is 23.1 Å². The molecule has 0 unspecified atom stereocenters. The van der Waals surface area contributed by atoms with Crippen LogP contribution in [0.25, 0.3) is 0 Å². The topological polar surface area (TPSA) is 120 Å². The van der Waals surface area contributed by atoms with Gasteiger partial charge in [-0.05, 0) is 44.0 Å². The molecule has 1 aromatic carbocycles. The molecule has 0 radical (unpaired) electrons. The monoisotopic (exact) mass is 450 g/mol. The lowest BCUT2D eigenvalue weighted by atomic mass is 9.84. The third-order valence-corrected chi connectivity index (χ3v) is 6.03. The summed E-state index contributed by atoms with van der Waals surface area (Å²) in [5.74, 6) is -0.598. The van der Waals surface area contributed by atoms with Gasteiger partial charge in [-0.1, -0.05) is 0 Å². The van der Waals surface area contributed by atoms with Crippen LogP contribution >= 0.6 is 0 Å². The van der Waals surface area contributed by atoms with Crippen LogP contribution < -0.4 is 11.1 Å². The number of halogens is 3. The summed E-state index contributed by atoms with van der Waals surface area (Å²) in [6.45, 7) is 2.97. The SMILES string of the molecule is CC1(O)CN([C@@H]2CC[C@H](n3cc(C(N)=O)c(Nc4ccc(C(F)(F)F)cc4)n3)C(=N)C2)C1. The van der Waals surface area contributed by atoms with Crippen LogP contribution in [0.3, 0.4) is 0 Å². The Balaban J connectivity index is 1.48. The molecule has 2 atom stereocenters. The van der Waals surface area contributed by atoms with Gasteiger partial charge in [0.25, 0.3) is 5.91 Å². The Morgan fingerprint density at radius 2 is 1.94 bits per heavy atom. The second-order valence-corrected chi connectivity index (χ2v) is 8.81. The molecule has 0 bridgehead atoms. The number of likely N-dealkylation sites (tertiary alicyclic amines) is 1. The summed E-state index contributed by atoms with van der Waals surface area (Å²) >= 11 is 0. The second kappa shape index (κ2) is 7.89. The van der Waals surface area contributed by atoms with E-state index in [1.54, 1.807) is 6.92 Å². The maximum Gasteiger partial charge on any atom is 0.416 e. The quantitative estimate of drug-likeness (QED) is 0.558. The zero-order chi connectivity index (χ0) is 23.3. The zero-order valence-electron chi connectivity index (χ0n) is 17.5. The summed E-state index contributed by atoms with van der Waals surface area (Å²) in [5.41, 5.74) is 4.91. The molecule has 5 N–H and O–H groups in total. The predicted octanol–water partition coefficient (Wildman–Crippen LogP) is 2.92. The molecular formula is C21H25F3N6O2. The average molecular weight is 450 g/mol. The number of carbonyl (C=O) groups excluding carboxylic acids is 1. The van der Waals surface area contributed by atoms with Gasteiger partial charge in [-0.2, -0.15) is 18.3 Å². The van der Waals surface area contributed by atoms with Gasteiger partial charge in [0, 0.05) is 43.1 Å². The Hall–Kier alpha value is -2.92. The molecule has 2 aromatic rings. The highest BCUT2D eigenvalue weighted by Crippen LogP contribution is 2.34. The maximum atomic E-state index is 12.8. The van der Waals surface area contributed by atoms with Gasteiger partial charge in [0.2, 0.25) is 0 Å². The lowest BCUT2D eigenvalue weighted by molar-refractivity contribution is -0.137. The number of hydrogen-bond donors (Lipinski definition) is 4. The highest BCUT2D eigenvalue weighted by atomic mass is 19.4. The van der Waals surface area contributed by atoms with Gasteiger partial charge in [-0.15, -0.1) is 0 Å². The number of β-amino-alcohol motifs (C(OH)–C–C–N with tert-alkyl or cyclic N) is 1. The molecule has 11 heteroatoms. The molecule has 1 amide bonds. The van der Waals surface area contributed by atoms with Crippen LogP contribution in [0.2, 0.25) is 0 Å². The van der Waals surface area contributed by atoms with E-state index in [1.807, 2.05) is 0 Å². The predicted molar refractivity (Wildman–Crippen MR) is 112 cm³/mol. The third-order valence-electron chi connectivity index (χ3n) is 6.03. The van der Waals surface area contributed by atoms with Crippen molar-refractivity contribution in [2.75, 3.05) is 18.4 Å². The van der Waals surface area contributed by atoms with E-state index in [-0.39, 0.29) is 23.5 Å². The van der Waals surface area contributed by atoms with E-state index in [0.29, 0.717) is 37.3 Å². The van der Waals surface area contributed by atoms with Crippen LogP contribution in [0.4, 0.5) is 24.7 Å². The number of amides is 1. The van der Waals surface area contributed by atoms with Crippen molar-refractivity contribution in [3.63, 3.8) is 0 Å². The van der Waals surface area contributed by atoms with Gasteiger partial charge in [0.05, 0.1) is 17.2 Å². The first kappa shape index (κ1) is 22.3.